The van der Waals surface area contributed by atoms with Crippen molar-refractivity contribution in [1.82, 2.24) is 10.2 Å². The molecule has 1 N–H and O–H groups in total. The molecular formula is C16H19BrN2OS. The van der Waals surface area contributed by atoms with Crippen molar-refractivity contribution in [2.75, 3.05) is 20.1 Å². The van der Waals surface area contributed by atoms with Crippen molar-refractivity contribution in [2.45, 2.75) is 13.0 Å². The number of halogens is 1. The van der Waals surface area contributed by atoms with Gasteiger partial charge in [0.25, 0.3) is 0 Å². The average molecular weight is 367 g/mol. The Balaban J connectivity index is 1.71. The van der Waals surface area contributed by atoms with Gasteiger partial charge in [-0.1, -0.05) is 40.2 Å². The van der Waals surface area contributed by atoms with E-state index in [9.17, 15) is 4.79 Å². The molecule has 0 aliphatic carbocycles. The number of amides is 1. The van der Waals surface area contributed by atoms with Crippen molar-refractivity contribution >= 4 is 33.2 Å². The van der Waals surface area contributed by atoms with Gasteiger partial charge >= 0.3 is 0 Å². The number of carbonyl (C=O) groups is 1. The third kappa shape index (κ3) is 5.61. The third-order valence-electron chi connectivity index (χ3n) is 3.09. The van der Waals surface area contributed by atoms with Crippen LogP contribution in [0.4, 0.5) is 0 Å². The maximum Gasteiger partial charge on any atom is 0.234 e. The molecule has 0 aliphatic heterocycles. The highest BCUT2D eigenvalue weighted by molar-refractivity contribution is 9.10. The first-order valence-electron chi connectivity index (χ1n) is 6.86. The predicted octanol–water partition coefficient (Wildman–Crippen LogP) is 3.30. The van der Waals surface area contributed by atoms with E-state index in [1.54, 1.807) is 11.3 Å². The summed E-state index contributed by atoms with van der Waals surface area (Å²) in [7, 11) is 1.96. The lowest BCUT2D eigenvalue weighted by Crippen LogP contribution is -2.35. The van der Waals surface area contributed by atoms with E-state index in [1.807, 2.05) is 36.2 Å². The van der Waals surface area contributed by atoms with Crippen LogP contribution in [0.5, 0.6) is 0 Å². The molecule has 0 bridgehead atoms. The van der Waals surface area contributed by atoms with Gasteiger partial charge in [-0.05, 0) is 36.5 Å². The Morgan fingerprint density at radius 2 is 2.10 bits per heavy atom. The number of carbonyl (C=O) groups excluding carboxylic acids is 1. The fourth-order valence-electron chi connectivity index (χ4n) is 2.05. The molecule has 112 valence electrons. The lowest BCUT2D eigenvalue weighted by Gasteiger charge is -2.17. The van der Waals surface area contributed by atoms with Gasteiger partial charge in [0.2, 0.25) is 5.91 Å². The summed E-state index contributed by atoms with van der Waals surface area (Å²) in [4.78, 5) is 15.2. The molecule has 21 heavy (non-hydrogen) atoms. The summed E-state index contributed by atoms with van der Waals surface area (Å²) in [6, 6.07) is 12.2. The SMILES string of the molecule is CN(CC(=O)NCCc1cccs1)Cc1ccccc1Br. The zero-order valence-electron chi connectivity index (χ0n) is 12.0. The average Bonchev–Trinajstić information content (AvgIpc) is 2.94. The van der Waals surface area contributed by atoms with Gasteiger partial charge in [-0.3, -0.25) is 9.69 Å². The summed E-state index contributed by atoms with van der Waals surface area (Å²) in [6.45, 7) is 1.85. The summed E-state index contributed by atoms with van der Waals surface area (Å²) in [5.41, 5.74) is 1.19. The molecule has 1 aromatic carbocycles. The Kier molecular flexibility index (Phi) is 6.42. The molecule has 0 fully saturated rings. The van der Waals surface area contributed by atoms with Crippen molar-refractivity contribution < 1.29 is 4.79 Å². The van der Waals surface area contributed by atoms with Gasteiger partial charge in [-0.2, -0.15) is 0 Å². The van der Waals surface area contributed by atoms with Gasteiger partial charge in [-0.15, -0.1) is 11.3 Å². The van der Waals surface area contributed by atoms with Crippen molar-refractivity contribution in [3.63, 3.8) is 0 Å². The summed E-state index contributed by atoms with van der Waals surface area (Å²) >= 11 is 5.25. The summed E-state index contributed by atoms with van der Waals surface area (Å²) in [6.07, 6.45) is 0.900. The van der Waals surface area contributed by atoms with E-state index in [1.165, 1.54) is 10.4 Å². The molecule has 0 saturated carbocycles. The smallest absolute Gasteiger partial charge is 0.234 e. The molecule has 1 aromatic heterocycles. The molecule has 0 atom stereocenters. The number of likely N-dealkylation sites (N-methyl/N-ethyl adjacent to an activating group) is 1. The Morgan fingerprint density at radius 1 is 1.29 bits per heavy atom. The van der Waals surface area contributed by atoms with Crippen LogP contribution in [-0.2, 0) is 17.8 Å². The van der Waals surface area contributed by atoms with Gasteiger partial charge in [0.05, 0.1) is 6.54 Å². The second-order valence-corrected chi connectivity index (χ2v) is 6.83. The quantitative estimate of drug-likeness (QED) is 0.815. The number of nitrogens with zero attached hydrogens (tertiary/aromatic N) is 1. The van der Waals surface area contributed by atoms with Crippen LogP contribution in [-0.4, -0.2) is 30.9 Å². The van der Waals surface area contributed by atoms with Gasteiger partial charge < -0.3 is 5.32 Å². The van der Waals surface area contributed by atoms with Crippen LogP contribution in [0.15, 0.2) is 46.3 Å². The highest BCUT2D eigenvalue weighted by Crippen LogP contribution is 2.17. The molecule has 5 heteroatoms. The van der Waals surface area contributed by atoms with Crippen LogP contribution in [0.1, 0.15) is 10.4 Å². The maximum atomic E-state index is 11.9. The van der Waals surface area contributed by atoms with E-state index in [-0.39, 0.29) is 5.91 Å². The van der Waals surface area contributed by atoms with Gasteiger partial charge in [0.1, 0.15) is 0 Å². The Hall–Kier alpha value is -1.17. The van der Waals surface area contributed by atoms with Gasteiger partial charge in [-0.25, -0.2) is 0 Å². The monoisotopic (exact) mass is 366 g/mol. The minimum Gasteiger partial charge on any atom is -0.355 e. The zero-order chi connectivity index (χ0) is 15.1. The fraction of sp³-hybridized carbons (Fsp3) is 0.312. The van der Waals surface area contributed by atoms with Crippen molar-refractivity contribution in [3.05, 3.63) is 56.7 Å². The Labute approximate surface area is 138 Å². The van der Waals surface area contributed by atoms with Gasteiger partial charge in [0, 0.05) is 22.4 Å². The van der Waals surface area contributed by atoms with Crippen LogP contribution >= 0.6 is 27.3 Å². The predicted molar refractivity (Wildman–Crippen MR) is 91.5 cm³/mol. The van der Waals surface area contributed by atoms with Crippen LogP contribution in [0.3, 0.4) is 0 Å². The van der Waals surface area contributed by atoms with Crippen LogP contribution in [0, 0.1) is 0 Å². The number of rotatable bonds is 7. The normalized spacial score (nSPS) is 10.8. The maximum absolute atomic E-state index is 11.9. The number of hydrogen-bond donors (Lipinski definition) is 1. The topological polar surface area (TPSA) is 32.3 Å². The molecule has 0 radical (unpaired) electrons. The lowest BCUT2D eigenvalue weighted by atomic mass is 10.2. The molecule has 0 saturated heterocycles. The molecule has 2 rings (SSSR count). The van der Waals surface area contributed by atoms with Crippen molar-refractivity contribution in [2.24, 2.45) is 0 Å². The highest BCUT2D eigenvalue weighted by Gasteiger charge is 2.08. The summed E-state index contributed by atoms with van der Waals surface area (Å²) in [5, 5.41) is 5.02. The summed E-state index contributed by atoms with van der Waals surface area (Å²) < 4.78 is 1.08. The summed E-state index contributed by atoms with van der Waals surface area (Å²) in [5.74, 6) is 0.0705. The molecule has 3 nitrogen and oxygen atoms in total. The van der Waals surface area contributed by atoms with Crippen LogP contribution in [0.2, 0.25) is 0 Å². The van der Waals surface area contributed by atoms with E-state index in [0.29, 0.717) is 13.1 Å². The third-order valence-corrected chi connectivity index (χ3v) is 4.80. The fourth-order valence-corrected chi connectivity index (χ4v) is 3.17. The number of hydrogen-bond acceptors (Lipinski definition) is 3. The van der Waals surface area contributed by atoms with Crippen molar-refractivity contribution in [1.29, 1.82) is 0 Å². The van der Waals surface area contributed by atoms with E-state index in [0.717, 1.165) is 17.4 Å². The first kappa shape index (κ1) is 16.2. The number of nitrogens with one attached hydrogen (secondary N) is 1. The first-order valence-corrected chi connectivity index (χ1v) is 8.53. The van der Waals surface area contributed by atoms with Gasteiger partial charge in [0.15, 0.2) is 0 Å². The Bertz CT molecular complexity index is 571. The number of thiophene rings is 1. The molecule has 0 spiro atoms. The standard InChI is InChI=1S/C16H19BrN2OS/c1-19(11-13-5-2-3-7-15(13)17)12-16(20)18-9-8-14-6-4-10-21-14/h2-7,10H,8-9,11-12H2,1H3,(H,18,20). The Morgan fingerprint density at radius 3 is 2.81 bits per heavy atom. The van der Waals surface area contributed by atoms with E-state index < -0.39 is 0 Å². The lowest BCUT2D eigenvalue weighted by molar-refractivity contribution is -0.122. The second kappa shape index (κ2) is 8.32. The molecule has 0 unspecified atom stereocenters. The molecule has 2 aromatic rings. The van der Waals surface area contributed by atoms with E-state index in [2.05, 4.69) is 38.8 Å². The molecule has 0 aliphatic rings. The molecular weight excluding hydrogens is 348 g/mol. The molecule has 1 heterocycles. The zero-order valence-corrected chi connectivity index (χ0v) is 14.4. The van der Waals surface area contributed by atoms with Crippen molar-refractivity contribution in [3.8, 4) is 0 Å². The van der Waals surface area contributed by atoms with Crippen LogP contribution < -0.4 is 5.32 Å². The minimum absolute atomic E-state index is 0.0705. The molecule has 1 amide bonds. The first-order chi connectivity index (χ1) is 10.1. The highest BCUT2D eigenvalue weighted by atomic mass is 79.9. The van der Waals surface area contributed by atoms with E-state index >= 15 is 0 Å². The minimum atomic E-state index is 0.0705. The second-order valence-electron chi connectivity index (χ2n) is 4.94. The van der Waals surface area contributed by atoms with Crippen LogP contribution in [0.25, 0.3) is 0 Å². The van der Waals surface area contributed by atoms with E-state index in [4.69, 9.17) is 0 Å². The number of benzene rings is 1. The largest absolute Gasteiger partial charge is 0.355 e.